The number of benzene rings is 1. The Hall–Kier alpha value is -2.62. The van der Waals surface area contributed by atoms with Crippen molar-refractivity contribution in [1.29, 1.82) is 0 Å². The van der Waals surface area contributed by atoms with Crippen LogP contribution >= 0.6 is 0 Å². The molecule has 0 bridgehead atoms. The van der Waals surface area contributed by atoms with Gasteiger partial charge in [-0.2, -0.15) is 21.6 Å². The first-order valence-electron chi connectivity index (χ1n) is 9.29. The minimum absolute atomic E-state index is 0.0267. The number of hydrogen-bond acceptors (Lipinski definition) is 6. The second-order valence-corrected chi connectivity index (χ2v) is 9.15. The van der Waals surface area contributed by atoms with Crippen molar-refractivity contribution >= 4 is 21.5 Å². The van der Waals surface area contributed by atoms with Gasteiger partial charge in [-0.1, -0.05) is 6.42 Å². The summed E-state index contributed by atoms with van der Waals surface area (Å²) in [6.07, 6.45) is 0.0474. The molecular weight excluding hydrogens is 423 g/mol. The molecule has 1 saturated carbocycles. The summed E-state index contributed by atoms with van der Waals surface area (Å²) in [5, 5.41) is 0. The van der Waals surface area contributed by atoms with E-state index < -0.39 is 38.5 Å². The van der Waals surface area contributed by atoms with Crippen molar-refractivity contribution in [3.8, 4) is 5.75 Å². The highest BCUT2D eigenvalue weighted by molar-refractivity contribution is 7.86. The second-order valence-electron chi connectivity index (χ2n) is 7.58. The Morgan fingerprint density at radius 2 is 2.00 bits per heavy atom. The average molecular weight is 441 g/mol. The van der Waals surface area contributed by atoms with Gasteiger partial charge in [-0.3, -0.25) is 9.79 Å². The summed E-state index contributed by atoms with van der Waals surface area (Å²) in [5.74, 6) is -0.507. The molecule has 1 aliphatic heterocycles. The molecule has 2 aliphatic rings. The van der Waals surface area contributed by atoms with Crippen LogP contribution in [0.25, 0.3) is 0 Å². The van der Waals surface area contributed by atoms with Crippen molar-refractivity contribution in [2.75, 3.05) is 6.26 Å². The fraction of sp³-hybridized carbons (Fsp3) is 0.400. The second kappa shape index (κ2) is 6.97. The van der Waals surface area contributed by atoms with E-state index in [1.54, 1.807) is 0 Å². The van der Waals surface area contributed by atoms with E-state index in [0.29, 0.717) is 29.8 Å². The molecule has 0 amide bonds. The van der Waals surface area contributed by atoms with Gasteiger partial charge in [-0.05, 0) is 43.0 Å². The number of alkyl halides is 3. The molecule has 160 valence electrons. The Labute approximate surface area is 170 Å². The molecule has 1 aromatic carbocycles. The van der Waals surface area contributed by atoms with Gasteiger partial charge in [0.25, 0.3) is 0 Å². The van der Waals surface area contributed by atoms with Crippen LogP contribution in [0.2, 0.25) is 0 Å². The van der Waals surface area contributed by atoms with E-state index in [2.05, 4.69) is 4.99 Å². The molecule has 30 heavy (non-hydrogen) atoms. The van der Waals surface area contributed by atoms with Crippen LogP contribution in [0, 0.1) is 0 Å². The van der Waals surface area contributed by atoms with Crippen LogP contribution in [0.1, 0.15) is 42.6 Å². The van der Waals surface area contributed by atoms with Gasteiger partial charge >= 0.3 is 16.3 Å². The summed E-state index contributed by atoms with van der Waals surface area (Å²) >= 11 is 0. The highest BCUT2D eigenvalue weighted by Gasteiger charge is 2.47. The van der Waals surface area contributed by atoms with Crippen LogP contribution in [0.3, 0.4) is 0 Å². The van der Waals surface area contributed by atoms with Gasteiger partial charge in [0.2, 0.25) is 11.2 Å². The summed E-state index contributed by atoms with van der Waals surface area (Å²) in [6.45, 7) is 0. The van der Waals surface area contributed by atoms with Gasteiger partial charge in [0.1, 0.15) is 0 Å². The Bertz CT molecular complexity index is 1200. The van der Waals surface area contributed by atoms with Crippen molar-refractivity contribution < 1.29 is 30.2 Å². The van der Waals surface area contributed by atoms with Crippen LogP contribution < -0.4 is 9.61 Å². The van der Waals surface area contributed by atoms with E-state index >= 15 is 0 Å². The maximum atomic E-state index is 13.4. The lowest BCUT2D eigenvalue weighted by atomic mass is 9.66. The first-order chi connectivity index (χ1) is 14.0. The quantitative estimate of drug-likeness (QED) is 0.666. The van der Waals surface area contributed by atoms with Crippen molar-refractivity contribution in [3.05, 3.63) is 57.6 Å². The third-order valence-electron chi connectivity index (χ3n) is 5.52. The smallest absolute Gasteiger partial charge is 0.416 e. The number of rotatable bonds is 4. The van der Waals surface area contributed by atoms with Crippen LogP contribution in [0.15, 0.2) is 44.7 Å². The molecule has 1 aromatic heterocycles. The number of fused-ring (bicyclic) bond motifs is 3. The standard InChI is InChI=1S/C20H18F3NO5S/c1-30(26,27)29-18-15(25)7-9-28-16(18)11-19-8-3-2-4-17(19)24-14-6-5-12(10-13(14)19)20(21,22)23/h5-7,9-10H,2-4,8,11H2,1H3. The molecule has 1 unspecified atom stereocenters. The molecule has 0 N–H and O–H groups in total. The molecule has 2 heterocycles. The lowest BCUT2D eigenvalue weighted by Gasteiger charge is -2.36. The maximum Gasteiger partial charge on any atom is 0.416 e. The number of hydrogen-bond donors (Lipinski definition) is 0. The van der Waals surface area contributed by atoms with E-state index in [9.17, 15) is 26.4 Å². The fourth-order valence-corrected chi connectivity index (χ4v) is 4.74. The average Bonchev–Trinajstić information content (AvgIpc) is 2.96. The van der Waals surface area contributed by atoms with E-state index in [1.807, 2.05) is 0 Å². The summed E-state index contributed by atoms with van der Waals surface area (Å²) in [7, 11) is -4.01. The largest absolute Gasteiger partial charge is 0.465 e. The van der Waals surface area contributed by atoms with Crippen molar-refractivity contribution in [1.82, 2.24) is 0 Å². The summed E-state index contributed by atoms with van der Waals surface area (Å²) in [6, 6.07) is 4.46. The first kappa shape index (κ1) is 20.6. The van der Waals surface area contributed by atoms with Crippen molar-refractivity contribution in [2.45, 2.75) is 43.7 Å². The van der Waals surface area contributed by atoms with Crippen LogP contribution in [-0.2, 0) is 28.1 Å². The lowest BCUT2D eigenvalue weighted by Crippen LogP contribution is -2.39. The molecule has 0 radical (unpaired) electrons. The predicted molar refractivity (Wildman–Crippen MR) is 103 cm³/mol. The Morgan fingerprint density at radius 1 is 1.23 bits per heavy atom. The van der Waals surface area contributed by atoms with Gasteiger partial charge in [-0.25, -0.2) is 0 Å². The molecule has 6 nitrogen and oxygen atoms in total. The molecule has 0 saturated heterocycles. The third kappa shape index (κ3) is 3.64. The Morgan fingerprint density at radius 3 is 2.70 bits per heavy atom. The Kier molecular flexibility index (Phi) is 4.80. The summed E-state index contributed by atoms with van der Waals surface area (Å²) < 4.78 is 73.6. The highest BCUT2D eigenvalue weighted by atomic mass is 32.2. The number of nitrogens with zero attached hydrogens (tertiary/aromatic N) is 1. The molecule has 10 heteroatoms. The van der Waals surface area contributed by atoms with Gasteiger partial charge < -0.3 is 8.60 Å². The van der Waals surface area contributed by atoms with Crippen LogP contribution in [0.4, 0.5) is 18.9 Å². The van der Waals surface area contributed by atoms with Gasteiger partial charge in [-0.15, -0.1) is 0 Å². The summed E-state index contributed by atoms with van der Waals surface area (Å²) in [5.41, 5.74) is -0.825. The van der Waals surface area contributed by atoms with Crippen molar-refractivity contribution in [3.63, 3.8) is 0 Å². The van der Waals surface area contributed by atoms with E-state index in [1.165, 1.54) is 6.07 Å². The van der Waals surface area contributed by atoms with Gasteiger partial charge in [0.05, 0.1) is 23.8 Å². The van der Waals surface area contributed by atoms with E-state index in [-0.39, 0.29) is 12.2 Å². The number of halogens is 3. The third-order valence-corrected chi connectivity index (χ3v) is 5.99. The normalized spacial score (nSPS) is 21.0. The zero-order valence-electron chi connectivity index (χ0n) is 16.0. The molecule has 1 atom stereocenters. The topological polar surface area (TPSA) is 85.9 Å². The maximum absolute atomic E-state index is 13.4. The molecule has 1 aliphatic carbocycles. The highest BCUT2D eigenvalue weighted by Crippen LogP contribution is 2.51. The zero-order valence-corrected chi connectivity index (χ0v) is 16.8. The lowest BCUT2D eigenvalue weighted by molar-refractivity contribution is -0.137. The summed E-state index contributed by atoms with van der Waals surface area (Å²) in [4.78, 5) is 16.8. The van der Waals surface area contributed by atoms with E-state index in [0.717, 1.165) is 43.6 Å². The van der Waals surface area contributed by atoms with Gasteiger partial charge in [0, 0.05) is 23.6 Å². The zero-order chi connectivity index (χ0) is 21.7. The minimum Gasteiger partial charge on any atom is -0.465 e. The molecule has 2 aromatic rings. The monoisotopic (exact) mass is 441 g/mol. The van der Waals surface area contributed by atoms with Crippen LogP contribution in [-0.4, -0.2) is 20.4 Å². The first-order valence-corrected chi connectivity index (χ1v) is 11.1. The van der Waals surface area contributed by atoms with E-state index in [4.69, 9.17) is 8.60 Å². The molecule has 0 spiro atoms. The Balaban J connectivity index is 1.86. The molecular formula is C20H18F3NO5S. The molecule has 1 fully saturated rings. The van der Waals surface area contributed by atoms with Crippen LogP contribution in [0.5, 0.6) is 5.75 Å². The fourth-order valence-electron chi connectivity index (χ4n) is 4.26. The van der Waals surface area contributed by atoms with Crippen molar-refractivity contribution in [2.24, 2.45) is 4.99 Å². The SMILES string of the molecule is CS(=O)(=O)Oc1c(CC23CCCCC2=Nc2ccc(C(F)(F)F)cc23)occc1=O. The minimum atomic E-state index is -4.52. The molecule has 4 rings (SSSR count). The van der Waals surface area contributed by atoms with Gasteiger partial charge in [0.15, 0.2) is 5.76 Å². The number of aliphatic imine (C=N–C) groups is 1. The predicted octanol–water partition coefficient (Wildman–Crippen LogP) is 4.14.